The molecule has 4 rings (SSSR count). The Morgan fingerprint density at radius 3 is 2.56 bits per heavy atom. The number of amides is 2. The third kappa shape index (κ3) is 5.47. The van der Waals surface area contributed by atoms with E-state index in [-0.39, 0.29) is 28.5 Å². The molecule has 0 saturated carbocycles. The van der Waals surface area contributed by atoms with Crippen LogP contribution in [-0.2, 0) is 0 Å². The zero-order chi connectivity index (χ0) is 25.8. The number of hydrogen-bond acceptors (Lipinski definition) is 6. The van der Waals surface area contributed by atoms with Crippen molar-refractivity contribution in [2.24, 2.45) is 5.73 Å². The van der Waals surface area contributed by atoms with Crippen molar-refractivity contribution in [3.63, 3.8) is 0 Å². The lowest BCUT2D eigenvalue weighted by atomic mass is 9.90. The predicted octanol–water partition coefficient (Wildman–Crippen LogP) is 4.61. The zero-order valence-corrected chi connectivity index (χ0v) is 19.7. The Balaban J connectivity index is 1.70. The van der Waals surface area contributed by atoms with Crippen LogP contribution in [0.4, 0.5) is 10.5 Å². The van der Waals surface area contributed by atoms with Gasteiger partial charge in [0.05, 0.1) is 5.56 Å². The van der Waals surface area contributed by atoms with Gasteiger partial charge in [-0.25, -0.2) is 9.59 Å². The SMILES string of the molecule is C[C@H](N)CCCCNC(=O)Nc1ccc(-c2c3ccc(=O)cc-3oc3cc(O)ccc23)c(C(=O)O)c1. The molecule has 9 nitrogen and oxygen atoms in total. The van der Waals surface area contributed by atoms with Crippen LogP contribution in [0.25, 0.3) is 33.4 Å². The number of anilines is 1. The van der Waals surface area contributed by atoms with E-state index in [1.807, 2.05) is 6.92 Å². The Morgan fingerprint density at radius 2 is 1.81 bits per heavy atom. The van der Waals surface area contributed by atoms with E-state index in [0.29, 0.717) is 39.9 Å². The first-order chi connectivity index (χ1) is 17.2. The van der Waals surface area contributed by atoms with Crippen LogP contribution >= 0.6 is 0 Å². The summed E-state index contributed by atoms with van der Waals surface area (Å²) in [4.78, 5) is 36.5. The molecule has 0 unspecified atom stereocenters. The summed E-state index contributed by atoms with van der Waals surface area (Å²) in [6.45, 7) is 2.41. The molecule has 1 atom stereocenters. The topological polar surface area (TPSA) is 155 Å². The fraction of sp³-hybridized carbons (Fsp3) is 0.222. The van der Waals surface area contributed by atoms with Gasteiger partial charge in [0.25, 0.3) is 0 Å². The number of rotatable bonds is 8. The van der Waals surface area contributed by atoms with Gasteiger partial charge in [-0.15, -0.1) is 0 Å². The minimum atomic E-state index is -1.19. The molecule has 0 spiro atoms. The van der Waals surface area contributed by atoms with Gasteiger partial charge in [0, 0.05) is 46.9 Å². The molecule has 0 saturated heterocycles. The van der Waals surface area contributed by atoms with Crippen LogP contribution in [0.2, 0.25) is 0 Å². The number of aromatic hydroxyl groups is 1. The second-order valence-corrected chi connectivity index (χ2v) is 8.73. The molecule has 1 heterocycles. The smallest absolute Gasteiger partial charge is 0.336 e. The van der Waals surface area contributed by atoms with Crippen molar-refractivity contribution in [3.8, 4) is 28.2 Å². The number of fused-ring (bicyclic) bond motifs is 2. The molecule has 9 heteroatoms. The molecule has 36 heavy (non-hydrogen) atoms. The molecule has 6 N–H and O–H groups in total. The van der Waals surface area contributed by atoms with E-state index in [4.69, 9.17) is 10.2 Å². The third-order valence-electron chi connectivity index (χ3n) is 5.83. The van der Waals surface area contributed by atoms with Crippen molar-refractivity contribution in [1.29, 1.82) is 0 Å². The maximum Gasteiger partial charge on any atom is 0.336 e. The van der Waals surface area contributed by atoms with Gasteiger partial charge in [-0.2, -0.15) is 0 Å². The molecule has 0 aromatic heterocycles. The molecule has 2 aromatic carbocycles. The fourth-order valence-electron chi connectivity index (χ4n) is 4.13. The number of phenolic OH excluding ortho intramolecular Hbond substituents is 1. The number of urea groups is 1. The molecular weight excluding hydrogens is 462 g/mol. The van der Waals surface area contributed by atoms with Gasteiger partial charge in [-0.05, 0) is 61.7 Å². The van der Waals surface area contributed by atoms with Gasteiger partial charge in [0.15, 0.2) is 5.43 Å². The second-order valence-electron chi connectivity index (χ2n) is 8.73. The zero-order valence-electron chi connectivity index (χ0n) is 19.7. The molecule has 0 bridgehead atoms. The van der Waals surface area contributed by atoms with Gasteiger partial charge in [0.2, 0.25) is 0 Å². The summed E-state index contributed by atoms with van der Waals surface area (Å²) in [5, 5.41) is 25.9. The van der Waals surface area contributed by atoms with E-state index in [1.54, 1.807) is 24.3 Å². The van der Waals surface area contributed by atoms with Crippen LogP contribution in [0.1, 0.15) is 36.5 Å². The summed E-state index contributed by atoms with van der Waals surface area (Å²) in [7, 11) is 0. The third-order valence-corrected chi connectivity index (χ3v) is 5.83. The number of unbranched alkanes of at least 4 members (excludes halogenated alkanes) is 1. The quantitative estimate of drug-likeness (QED) is 0.179. The molecule has 0 fully saturated rings. The lowest BCUT2D eigenvalue weighted by Crippen LogP contribution is -2.29. The summed E-state index contributed by atoms with van der Waals surface area (Å²) in [6, 6.07) is 13.1. The Morgan fingerprint density at radius 1 is 1.03 bits per heavy atom. The summed E-state index contributed by atoms with van der Waals surface area (Å²) < 4.78 is 5.83. The van der Waals surface area contributed by atoms with Crippen molar-refractivity contribution in [2.45, 2.75) is 32.2 Å². The number of phenols is 1. The minimum absolute atomic E-state index is 0.0311. The predicted molar refractivity (Wildman–Crippen MR) is 138 cm³/mol. The van der Waals surface area contributed by atoms with Gasteiger partial charge in [-0.1, -0.05) is 12.5 Å². The first-order valence-electron chi connectivity index (χ1n) is 11.6. The van der Waals surface area contributed by atoms with Crippen molar-refractivity contribution in [2.75, 3.05) is 11.9 Å². The molecule has 1 aliphatic carbocycles. The highest BCUT2D eigenvalue weighted by atomic mass is 16.4. The molecule has 2 aromatic rings. The fourth-order valence-corrected chi connectivity index (χ4v) is 4.13. The Hall–Kier alpha value is -4.37. The van der Waals surface area contributed by atoms with E-state index in [9.17, 15) is 24.6 Å². The number of aromatic carboxylic acids is 1. The normalized spacial score (nSPS) is 11.9. The highest BCUT2D eigenvalue weighted by Crippen LogP contribution is 2.42. The number of benzene rings is 3. The summed E-state index contributed by atoms with van der Waals surface area (Å²) in [6.07, 6.45) is 2.55. The molecule has 2 aliphatic rings. The first-order valence-corrected chi connectivity index (χ1v) is 11.6. The Bertz CT molecular complexity index is 1460. The largest absolute Gasteiger partial charge is 0.508 e. The molecular formula is C27H27N3O6. The highest BCUT2D eigenvalue weighted by Gasteiger charge is 2.22. The average Bonchev–Trinajstić information content (AvgIpc) is 2.82. The van der Waals surface area contributed by atoms with E-state index < -0.39 is 12.0 Å². The van der Waals surface area contributed by atoms with Gasteiger partial charge in [-0.3, -0.25) is 4.79 Å². The van der Waals surface area contributed by atoms with Gasteiger partial charge < -0.3 is 31.0 Å². The maximum atomic E-state index is 12.3. The van der Waals surface area contributed by atoms with Crippen LogP contribution in [-0.4, -0.2) is 34.8 Å². The lowest BCUT2D eigenvalue weighted by molar-refractivity contribution is 0.0697. The van der Waals surface area contributed by atoms with Crippen molar-refractivity contribution < 1.29 is 24.2 Å². The lowest BCUT2D eigenvalue weighted by Gasteiger charge is -2.17. The number of nitrogens with two attached hydrogens (primary N) is 1. The van der Waals surface area contributed by atoms with Gasteiger partial charge >= 0.3 is 12.0 Å². The van der Waals surface area contributed by atoms with Crippen LogP contribution in [0, 0.1) is 0 Å². The molecule has 1 aliphatic heterocycles. The molecule has 2 amide bonds. The van der Waals surface area contributed by atoms with Crippen molar-refractivity contribution >= 4 is 28.7 Å². The van der Waals surface area contributed by atoms with Crippen molar-refractivity contribution in [3.05, 3.63) is 70.4 Å². The molecule has 186 valence electrons. The number of carbonyl (C=O) groups excluding carboxylic acids is 1. The average molecular weight is 490 g/mol. The van der Waals surface area contributed by atoms with Crippen molar-refractivity contribution in [1.82, 2.24) is 5.32 Å². The number of nitrogens with one attached hydrogen (secondary N) is 2. The van der Waals surface area contributed by atoms with E-state index >= 15 is 0 Å². The van der Waals surface area contributed by atoms with Gasteiger partial charge in [0.1, 0.15) is 17.1 Å². The van der Waals surface area contributed by atoms with Crippen LogP contribution in [0.5, 0.6) is 5.75 Å². The Labute approximate surface area is 206 Å². The number of carboxylic acids is 1. The summed E-state index contributed by atoms with van der Waals surface area (Å²) >= 11 is 0. The Kier molecular flexibility index (Phi) is 7.21. The first kappa shape index (κ1) is 24.7. The monoisotopic (exact) mass is 489 g/mol. The second kappa shape index (κ2) is 10.5. The number of carboxylic acid groups (broad SMARTS) is 1. The van der Waals surface area contributed by atoms with E-state index in [2.05, 4.69) is 10.6 Å². The van der Waals surface area contributed by atoms with E-state index in [0.717, 1.165) is 19.3 Å². The van der Waals surface area contributed by atoms with E-state index in [1.165, 1.54) is 30.3 Å². The number of carbonyl (C=O) groups is 2. The van der Waals surface area contributed by atoms with Crippen LogP contribution in [0.15, 0.2) is 63.8 Å². The molecule has 0 radical (unpaired) electrons. The van der Waals surface area contributed by atoms with Crippen LogP contribution in [0.3, 0.4) is 0 Å². The maximum absolute atomic E-state index is 12.3. The summed E-state index contributed by atoms with van der Waals surface area (Å²) in [5.41, 5.74) is 7.48. The highest BCUT2D eigenvalue weighted by molar-refractivity contribution is 6.08. The minimum Gasteiger partial charge on any atom is -0.508 e. The summed E-state index contributed by atoms with van der Waals surface area (Å²) in [5.74, 6) is -0.958. The van der Waals surface area contributed by atoms with Crippen LogP contribution < -0.4 is 21.8 Å². The standard InChI is InChI=1S/C27H27N3O6/c1-15(28)4-2-3-11-29-27(35)30-16-5-8-19(22(12-16)26(33)34)25-20-9-6-17(31)13-23(20)36-24-14-18(32)7-10-21(24)25/h5-10,12-15,31H,2-4,11,28H2,1H3,(H,33,34)(H2,29,30,35)/t15-/m0/s1. The number of hydrogen-bond donors (Lipinski definition) is 5.